The van der Waals surface area contributed by atoms with Crippen LogP contribution in [0, 0.1) is 6.92 Å². The van der Waals surface area contributed by atoms with Gasteiger partial charge in [-0.2, -0.15) is 0 Å². The molecule has 0 aliphatic carbocycles. The van der Waals surface area contributed by atoms with E-state index in [0.29, 0.717) is 11.4 Å². The second-order valence-electron chi connectivity index (χ2n) is 5.45. The van der Waals surface area contributed by atoms with Gasteiger partial charge in [-0.3, -0.25) is 0 Å². The molecule has 0 saturated carbocycles. The van der Waals surface area contributed by atoms with Gasteiger partial charge in [0.15, 0.2) is 0 Å². The molecule has 0 radical (unpaired) electrons. The van der Waals surface area contributed by atoms with Crippen molar-refractivity contribution in [2.24, 2.45) is 0 Å². The van der Waals surface area contributed by atoms with Crippen LogP contribution in [0.2, 0.25) is 0 Å². The summed E-state index contributed by atoms with van der Waals surface area (Å²) >= 11 is 0. The first-order valence-corrected chi connectivity index (χ1v) is 7.53. The number of methoxy groups -OCH3 is 1. The predicted molar refractivity (Wildman–Crippen MR) is 91.5 cm³/mol. The standard InChI is InChI=1S/C20H19NO2/c1-14-8-6-7-11-17(14)19(22)18-12-16(13-21-20(18)23-2)15-9-4-3-5-10-15/h3-13,19,22H,1-2H3. The minimum atomic E-state index is -0.776. The molecule has 116 valence electrons. The van der Waals surface area contributed by atoms with Gasteiger partial charge in [0.1, 0.15) is 6.10 Å². The quantitative estimate of drug-likeness (QED) is 0.787. The van der Waals surface area contributed by atoms with Crippen molar-refractivity contribution in [1.29, 1.82) is 0 Å². The molecule has 0 spiro atoms. The Hall–Kier alpha value is -2.65. The van der Waals surface area contributed by atoms with E-state index in [4.69, 9.17) is 4.74 Å². The zero-order valence-electron chi connectivity index (χ0n) is 13.2. The normalized spacial score (nSPS) is 12.0. The summed E-state index contributed by atoms with van der Waals surface area (Å²) in [5, 5.41) is 10.8. The molecular weight excluding hydrogens is 286 g/mol. The Kier molecular flexibility index (Phi) is 4.40. The third-order valence-electron chi connectivity index (χ3n) is 3.96. The highest BCUT2D eigenvalue weighted by molar-refractivity contribution is 5.64. The van der Waals surface area contributed by atoms with Crippen LogP contribution in [0.3, 0.4) is 0 Å². The van der Waals surface area contributed by atoms with E-state index in [1.54, 1.807) is 13.3 Å². The molecule has 0 saturated heterocycles. The number of ether oxygens (including phenoxy) is 1. The molecule has 0 aliphatic heterocycles. The molecule has 3 rings (SSSR count). The molecule has 1 unspecified atom stereocenters. The molecule has 3 aromatic rings. The van der Waals surface area contributed by atoms with E-state index in [9.17, 15) is 5.11 Å². The van der Waals surface area contributed by atoms with E-state index >= 15 is 0 Å². The van der Waals surface area contributed by atoms with Crippen LogP contribution in [0.1, 0.15) is 22.8 Å². The van der Waals surface area contributed by atoms with Crippen molar-refractivity contribution in [3.63, 3.8) is 0 Å². The lowest BCUT2D eigenvalue weighted by Gasteiger charge is -2.17. The number of aromatic nitrogens is 1. The predicted octanol–water partition coefficient (Wildman–Crippen LogP) is 4.15. The largest absolute Gasteiger partial charge is 0.481 e. The Bertz CT molecular complexity index is 800. The Morgan fingerprint density at radius 2 is 1.61 bits per heavy atom. The molecule has 0 bridgehead atoms. The van der Waals surface area contributed by atoms with Gasteiger partial charge in [0, 0.05) is 17.3 Å². The van der Waals surface area contributed by atoms with E-state index in [0.717, 1.165) is 22.3 Å². The zero-order valence-corrected chi connectivity index (χ0v) is 13.2. The maximum atomic E-state index is 10.8. The average Bonchev–Trinajstić information content (AvgIpc) is 2.62. The van der Waals surface area contributed by atoms with Crippen LogP contribution in [0.25, 0.3) is 11.1 Å². The molecule has 2 aromatic carbocycles. The molecular formula is C20H19NO2. The fourth-order valence-electron chi connectivity index (χ4n) is 2.69. The van der Waals surface area contributed by atoms with Crippen LogP contribution < -0.4 is 4.74 Å². The van der Waals surface area contributed by atoms with Gasteiger partial charge in [0.2, 0.25) is 5.88 Å². The fourth-order valence-corrected chi connectivity index (χ4v) is 2.69. The first kappa shape index (κ1) is 15.3. The molecule has 1 N–H and O–H groups in total. The summed E-state index contributed by atoms with van der Waals surface area (Å²) in [4.78, 5) is 4.37. The van der Waals surface area contributed by atoms with Gasteiger partial charge in [0.25, 0.3) is 0 Å². The SMILES string of the molecule is COc1ncc(-c2ccccc2)cc1C(O)c1ccccc1C. The van der Waals surface area contributed by atoms with Crippen LogP contribution in [0.4, 0.5) is 0 Å². The van der Waals surface area contributed by atoms with Crippen molar-refractivity contribution in [2.45, 2.75) is 13.0 Å². The summed E-state index contributed by atoms with van der Waals surface area (Å²) in [5.41, 5.74) is 4.57. The van der Waals surface area contributed by atoms with Crippen molar-refractivity contribution in [2.75, 3.05) is 7.11 Å². The summed E-state index contributed by atoms with van der Waals surface area (Å²) in [6.45, 7) is 1.99. The van der Waals surface area contributed by atoms with Gasteiger partial charge in [-0.05, 0) is 29.7 Å². The molecule has 3 heteroatoms. The summed E-state index contributed by atoms with van der Waals surface area (Å²) < 4.78 is 5.35. The van der Waals surface area contributed by atoms with Crippen molar-refractivity contribution in [1.82, 2.24) is 4.98 Å². The van der Waals surface area contributed by atoms with E-state index in [1.807, 2.05) is 67.6 Å². The zero-order chi connectivity index (χ0) is 16.2. The number of aliphatic hydroxyl groups is 1. The number of hydrogen-bond donors (Lipinski definition) is 1. The summed E-state index contributed by atoms with van der Waals surface area (Å²) in [6, 6.07) is 19.7. The van der Waals surface area contributed by atoms with E-state index in [2.05, 4.69) is 4.98 Å². The fraction of sp³-hybridized carbons (Fsp3) is 0.150. The number of pyridine rings is 1. The van der Waals surface area contributed by atoms with E-state index in [1.165, 1.54) is 0 Å². The molecule has 1 atom stereocenters. The second-order valence-corrected chi connectivity index (χ2v) is 5.45. The van der Waals surface area contributed by atoms with Gasteiger partial charge < -0.3 is 9.84 Å². The van der Waals surface area contributed by atoms with Gasteiger partial charge >= 0.3 is 0 Å². The van der Waals surface area contributed by atoms with Gasteiger partial charge in [-0.15, -0.1) is 0 Å². The monoisotopic (exact) mass is 305 g/mol. The third-order valence-corrected chi connectivity index (χ3v) is 3.96. The summed E-state index contributed by atoms with van der Waals surface area (Å²) in [6.07, 6.45) is 0.990. The molecule has 0 fully saturated rings. The summed E-state index contributed by atoms with van der Waals surface area (Å²) in [5.74, 6) is 0.445. The minimum absolute atomic E-state index is 0.445. The average molecular weight is 305 g/mol. The number of benzene rings is 2. The van der Waals surface area contributed by atoms with Crippen molar-refractivity contribution < 1.29 is 9.84 Å². The van der Waals surface area contributed by atoms with Crippen molar-refractivity contribution >= 4 is 0 Å². The Labute approximate surface area is 136 Å². The highest BCUT2D eigenvalue weighted by atomic mass is 16.5. The van der Waals surface area contributed by atoms with Gasteiger partial charge in [-0.25, -0.2) is 4.98 Å². The number of hydrogen-bond acceptors (Lipinski definition) is 3. The third kappa shape index (κ3) is 3.10. The smallest absolute Gasteiger partial charge is 0.219 e. The lowest BCUT2D eigenvalue weighted by Crippen LogP contribution is -2.06. The maximum absolute atomic E-state index is 10.8. The molecule has 1 heterocycles. The van der Waals surface area contributed by atoms with Crippen LogP contribution in [0.5, 0.6) is 5.88 Å². The van der Waals surface area contributed by atoms with Crippen molar-refractivity contribution in [3.8, 4) is 17.0 Å². The van der Waals surface area contributed by atoms with Crippen LogP contribution >= 0.6 is 0 Å². The van der Waals surface area contributed by atoms with Crippen LogP contribution in [-0.2, 0) is 0 Å². The van der Waals surface area contributed by atoms with Crippen LogP contribution in [-0.4, -0.2) is 17.2 Å². The van der Waals surface area contributed by atoms with E-state index < -0.39 is 6.10 Å². The lowest BCUT2D eigenvalue weighted by atomic mass is 9.96. The first-order valence-electron chi connectivity index (χ1n) is 7.53. The number of aryl methyl sites for hydroxylation is 1. The Morgan fingerprint density at radius 3 is 2.30 bits per heavy atom. The van der Waals surface area contributed by atoms with Crippen LogP contribution in [0.15, 0.2) is 66.9 Å². The maximum Gasteiger partial charge on any atom is 0.219 e. The molecule has 23 heavy (non-hydrogen) atoms. The highest BCUT2D eigenvalue weighted by Crippen LogP contribution is 2.33. The Morgan fingerprint density at radius 1 is 0.913 bits per heavy atom. The van der Waals surface area contributed by atoms with Gasteiger partial charge in [-0.1, -0.05) is 54.6 Å². The number of aliphatic hydroxyl groups excluding tert-OH is 1. The minimum Gasteiger partial charge on any atom is -0.481 e. The Balaban J connectivity index is 2.08. The highest BCUT2D eigenvalue weighted by Gasteiger charge is 2.19. The molecule has 1 aromatic heterocycles. The van der Waals surface area contributed by atoms with Crippen molar-refractivity contribution in [3.05, 3.63) is 83.6 Å². The molecule has 0 amide bonds. The second kappa shape index (κ2) is 6.63. The molecule has 3 nitrogen and oxygen atoms in total. The topological polar surface area (TPSA) is 42.4 Å². The number of nitrogens with zero attached hydrogens (tertiary/aromatic N) is 1. The van der Waals surface area contributed by atoms with Gasteiger partial charge in [0.05, 0.1) is 7.11 Å². The first-order chi connectivity index (χ1) is 11.2. The van der Waals surface area contributed by atoms with E-state index in [-0.39, 0.29) is 0 Å². The molecule has 0 aliphatic rings. The number of rotatable bonds is 4. The summed E-state index contributed by atoms with van der Waals surface area (Å²) in [7, 11) is 1.57. The lowest BCUT2D eigenvalue weighted by molar-refractivity contribution is 0.212.